The van der Waals surface area contributed by atoms with Crippen LogP contribution in [0.25, 0.3) is 0 Å². The van der Waals surface area contributed by atoms with Crippen molar-refractivity contribution in [2.45, 2.75) is 45.4 Å². The molecule has 0 spiro atoms. The summed E-state index contributed by atoms with van der Waals surface area (Å²) in [5.74, 6) is 0.613. The summed E-state index contributed by atoms with van der Waals surface area (Å²) < 4.78 is 33.0. The fourth-order valence-electron chi connectivity index (χ4n) is 3.79. The molecule has 1 atom stereocenters. The number of carbonyl (C=O) groups is 1. The second-order valence-corrected chi connectivity index (χ2v) is 10.3. The molecule has 0 aromatic heterocycles. The van der Waals surface area contributed by atoms with E-state index in [0.29, 0.717) is 32.5 Å². The maximum absolute atomic E-state index is 12.8. The van der Waals surface area contributed by atoms with Gasteiger partial charge < -0.3 is 10.1 Å². The van der Waals surface area contributed by atoms with Crippen molar-refractivity contribution < 1.29 is 17.9 Å². The van der Waals surface area contributed by atoms with E-state index in [0.717, 1.165) is 22.4 Å². The van der Waals surface area contributed by atoms with Crippen molar-refractivity contribution >= 4 is 15.9 Å². The molecule has 1 aliphatic heterocycles. The van der Waals surface area contributed by atoms with E-state index in [9.17, 15) is 13.2 Å². The van der Waals surface area contributed by atoms with Crippen molar-refractivity contribution in [3.05, 3.63) is 65.2 Å². The van der Waals surface area contributed by atoms with Crippen LogP contribution in [0.3, 0.4) is 0 Å². The molecule has 7 heteroatoms. The summed E-state index contributed by atoms with van der Waals surface area (Å²) in [6.45, 7) is 6.96. The van der Waals surface area contributed by atoms with Crippen LogP contribution in [-0.4, -0.2) is 44.4 Å². The Morgan fingerprint density at radius 1 is 1.06 bits per heavy atom. The van der Waals surface area contributed by atoms with Crippen LogP contribution in [-0.2, 0) is 20.6 Å². The molecule has 0 aliphatic carbocycles. The van der Waals surface area contributed by atoms with Gasteiger partial charge in [-0.3, -0.25) is 4.79 Å². The lowest BCUT2D eigenvalue weighted by atomic mass is 9.97. The summed E-state index contributed by atoms with van der Waals surface area (Å²) >= 11 is 0. The molecule has 6 nitrogen and oxygen atoms in total. The second kappa shape index (κ2) is 10.3. The smallest absolute Gasteiger partial charge is 0.223 e. The van der Waals surface area contributed by atoms with Gasteiger partial charge in [0.05, 0.1) is 11.8 Å². The Morgan fingerprint density at radius 3 is 2.32 bits per heavy atom. The van der Waals surface area contributed by atoms with Crippen molar-refractivity contribution in [1.82, 2.24) is 9.62 Å². The zero-order chi connectivity index (χ0) is 22.4. The average Bonchev–Trinajstić information content (AvgIpc) is 2.75. The molecule has 2 aromatic carbocycles. The van der Waals surface area contributed by atoms with Crippen LogP contribution >= 0.6 is 0 Å². The molecule has 1 heterocycles. The third-order valence-corrected chi connectivity index (χ3v) is 7.62. The summed E-state index contributed by atoms with van der Waals surface area (Å²) in [7, 11) is -3.39. The minimum atomic E-state index is -3.39. The van der Waals surface area contributed by atoms with Crippen LogP contribution in [0.15, 0.2) is 48.5 Å². The summed E-state index contributed by atoms with van der Waals surface area (Å²) in [5.41, 5.74) is 2.85. The zero-order valence-electron chi connectivity index (χ0n) is 18.5. The number of sulfonamides is 1. The number of aryl methyl sites for hydroxylation is 2. The van der Waals surface area contributed by atoms with Gasteiger partial charge in [0.2, 0.25) is 15.9 Å². The molecule has 1 saturated heterocycles. The topological polar surface area (TPSA) is 75.7 Å². The van der Waals surface area contributed by atoms with Gasteiger partial charge in [-0.25, -0.2) is 12.7 Å². The lowest BCUT2D eigenvalue weighted by molar-refractivity contribution is -0.126. The van der Waals surface area contributed by atoms with E-state index in [4.69, 9.17) is 4.74 Å². The molecular weight excluding hydrogens is 412 g/mol. The minimum Gasteiger partial charge on any atom is -0.491 e. The highest BCUT2D eigenvalue weighted by atomic mass is 32.2. The lowest BCUT2D eigenvalue weighted by Gasteiger charge is -2.31. The monoisotopic (exact) mass is 444 g/mol. The molecule has 0 bridgehead atoms. The molecule has 1 N–H and O–H groups in total. The number of carbonyl (C=O) groups excluding carboxylic acids is 1. The average molecular weight is 445 g/mol. The second-order valence-electron chi connectivity index (χ2n) is 8.34. The Bertz CT molecular complexity index is 998. The van der Waals surface area contributed by atoms with Gasteiger partial charge in [0, 0.05) is 19.0 Å². The number of rotatable bonds is 8. The fourth-order valence-corrected chi connectivity index (χ4v) is 5.46. The zero-order valence-corrected chi connectivity index (χ0v) is 19.3. The largest absolute Gasteiger partial charge is 0.491 e. The van der Waals surface area contributed by atoms with E-state index >= 15 is 0 Å². The fraction of sp³-hybridized carbons (Fsp3) is 0.458. The van der Waals surface area contributed by atoms with Gasteiger partial charge in [-0.1, -0.05) is 42.5 Å². The quantitative estimate of drug-likeness (QED) is 0.677. The van der Waals surface area contributed by atoms with Crippen LogP contribution in [0, 0.1) is 19.8 Å². The van der Waals surface area contributed by atoms with Crippen molar-refractivity contribution in [1.29, 1.82) is 0 Å². The molecule has 168 valence electrons. The number of piperidine rings is 1. The molecular formula is C24H32N2O4S. The predicted molar refractivity (Wildman–Crippen MR) is 122 cm³/mol. The van der Waals surface area contributed by atoms with E-state index in [1.54, 1.807) is 0 Å². The highest BCUT2D eigenvalue weighted by Gasteiger charge is 2.31. The number of nitrogens with zero attached hydrogens (tertiary/aromatic N) is 1. The molecule has 0 radical (unpaired) electrons. The lowest BCUT2D eigenvalue weighted by Crippen LogP contribution is -2.46. The maximum atomic E-state index is 12.8. The molecule has 1 aliphatic rings. The SMILES string of the molecule is Cc1ccccc1CS(=O)(=O)N1CCC(C(=O)N[C@H](C)COc2ccccc2C)CC1. The summed E-state index contributed by atoms with van der Waals surface area (Å²) in [6, 6.07) is 15.2. The first-order valence-electron chi connectivity index (χ1n) is 10.8. The molecule has 0 saturated carbocycles. The molecule has 0 unspecified atom stereocenters. The van der Waals surface area contributed by atoms with E-state index in [-0.39, 0.29) is 23.6 Å². The predicted octanol–water partition coefficient (Wildman–Crippen LogP) is 3.43. The van der Waals surface area contributed by atoms with E-state index in [2.05, 4.69) is 5.32 Å². The first kappa shape index (κ1) is 23.3. The van der Waals surface area contributed by atoms with Crippen molar-refractivity contribution in [2.24, 2.45) is 5.92 Å². The highest BCUT2D eigenvalue weighted by Crippen LogP contribution is 2.23. The van der Waals surface area contributed by atoms with Crippen LogP contribution in [0.5, 0.6) is 5.75 Å². The molecule has 1 amide bonds. The van der Waals surface area contributed by atoms with Crippen molar-refractivity contribution in [3.63, 3.8) is 0 Å². The Hall–Kier alpha value is -2.38. The molecule has 3 rings (SSSR count). The highest BCUT2D eigenvalue weighted by molar-refractivity contribution is 7.88. The Kier molecular flexibility index (Phi) is 7.73. The van der Waals surface area contributed by atoms with Crippen molar-refractivity contribution in [3.8, 4) is 5.75 Å². The number of ether oxygens (including phenoxy) is 1. The maximum Gasteiger partial charge on any atom is 0.223 e. The van der Waals surface area contributed by atoms with Gasteiger partial charge in [0.25, 0.3) is 0 Å². The number of benzene rings is 2. The third kappa shape index (κ3) is 6.31. The third-order valence-electron chi connectivity index (χ3n) is 5.79. The molecule has 31 heavy (non-hydrogen) atoms. The molecule has 1 fully saturated rings. The number of nitrogens with one attached hydrogen (secondary N) is 1. The van der Waals surface area contributed by atoms with Gasteiger partial charge >= 0.3 is 0 Å². The summed E-state index contributed by atoms with van der Waals surface area (Å²) in [6.07, 6.45) is 1.06. The minimum absolute atomic E-state index is 0.00378. The van der Waals surface area contributed by atoms with Gasteiger partial charge in [-0.05, 0) is 56.4 Å². The van der Waals surface area contributed by atoms with E-state index < -0.39 is 10.0 Å². The Morgan fingerprint density at radius 2 is 1.68 bits per heavy atom. The van der Waals surface area contributed by atoms with Gasteiger partial charge in [0.15, 0.2) is 0 Å². The van der Waals surface area contributed by atoms with Crippen LogP contribution in [0.4, 0.5) is 0 Å². The number of para-hydroxylation sites is 1. The van der Waals surface area contributed by atoms with E-state index in [1.807, 2.05) is 69.3 Å². The van der Waals surface area contributed by atoms with Gasteiger partial charge in [-0.2, -0.15) is 0 Å². The first-order chi connectivity index (χ1) is 14.8. The number of hydrogen-bond acceptors (Lipinski definition) is 4. The Labute approximate surface area is 185 Å². The van der Waals surface area contributed by atoms with Crippen molar-refractivity contribution in [2.75, 3.05) is 19.7 Å². The van der Waals surface area contributed by atoms with Crippen LogP contribution in [0.2, 0.25) is 0 Å². The van der Waals surface area contributed by atoms with Gasteiger partial charge in [-0.15, -0.1) is 0 Å². The van der Waals surface area contributed by atoms with Gasteiger partial charge in [0.1, 0.15) is 12.4 Å². The van der Waals surface area contributed by atoms with Crippen LogP contribution in [0.1, 0.15) is 36.5 Å². The van der Waals surface area contributed by atoms with Crippen LogP contribution < -0.4 is 10.1 Å². The summed E-state index contributed by atoms with van der Waals surface area (Å²) in [4.78, 5) is 12.6. The number of amides is 1. The van der Waals surface area contributed by atoms with E-state index in [1.165, 1.54) is 4.31 Å². The Balaban J connectivity index is 1.47. The molecule has 2 aromatic rings. The normalized spacial score (nSPS) is 16.6. The summed E-state index contributed by atoms with van der Waals surface area (Å²) in [5, 5.41) is 3.01. The first-order valence-corrected chi connectivity index (χ1v) is 12.4. The number of hydrogen-bond donors (Lipinski definition) is 1. The standard InChI is InChI=1S/C24H32N2O4S/c1-18-8-4-6-10-22(18)17-31(28,29)26-14-12-21(13-15-26)24(27)25-20(3)16-30-23-11-7-5-9-19(23)2/h4-11,20-21H,12-17H2,1-3H3,(H,25,27)/t20-/m1/s1.